The van der Waals surface area contributed by atoms with Gasteiger partial charge in [0.25, 0.3) is 0 Å². The molecule has 0 aliphatic rings. The molecule has 0 fully saturated rings. The summed E-state index contributed by atoms with van der Waals surface area (Å²) in [5, 5.41) is 2.54. The Morgan fingerprint density at radius 2 is 2.21 bits per heavy atom. The summed E-state index contributed by atoms with van der Waals surface area (Å²) in [6.45, 7) is 0.974. The molecule has 19 heavy (non-hydrogen) atoms. The summed E-state index contributed by atoms with van der Waals surface area (Å²) < 4.78 is 13.4. The molecule has 0 radical (unpaired) electrons. The lowest BCUT2D eigenvalue weighted by Crippen LogP contribution is -2.32. The summed E-state index contributed by atoms with van der Waals surface area (Å²) in [4.78, 5) is 13.0. The Hall–Kier alpha value is -1.90. The third-order valence-corrected chi connectivity index (χ3v) is 2.44. The van der Waals surface area contributed by atoms with Crippen LogP contribution in [-0.4, -0.2) is 38.0 Å². The van der Waals surface area contributed by atoms with Crippen LogP contribution in [0.3, 0.4) is 0 Å². The molecule has 102 valence electrons. The van der Waals surface area contributed by atoms with Crippen molar-refractivity contribution in [3.05, 3.63) is 35.1 Å². The molecule has 0 bridgehead atoms. The van der Waals surface area contributed by atoms with Gasteiger partial charge in [-0.25, -0.2) is 4.39 Å². The monoisotopic (exact) mass is 263 g/mol. The Bertz CT molecular complexity index is 505. The van der Waals surface area contributed by atoms with E-state index in [0.717, 1.165) is 5.56 Å². The van der Waals surface area contributed by atoms with E-state index >= 15 is 0 Å². The molecule has 5 heteroatoms. The summed E-state index contributed by atoms with van der Waals surface area (Å²) in [7, 11) is 3.38. The average Bonchev–Trinajstić information content (AvgIpc) is 2.35. The lowest BCUT2D eigenvalue weighted by molar-refractivity contribution is -0.121. The van der Waals surface area contributed by atoms with Gasteiger partial charge in [0.2, 0.25) is 5.91 Å². The standard InChI is InChI=1S/C14H18FN3O/c1-17-14(19)10-18(2)9-12-6-11(4-3-5-16)7-13(15)8-12/h6-8H,5,9-10,16H2,1-2H3,(H,17,19). The number of halogens is 1. The van der Waals surface area contributed by atoms with Crippen LogP contribution in [0, 0.1) is 17.7 Å². The lowest BCUT2D eigenvalue weighted by Gasteiger charge is -2.15. The number of likely N-dealkylation sites (N-methyl/N-ethyl adjacent to an activating group) is 2. The van der Waals surface area contributed by atoms with E-state index in [0.29, 0.717) is 12.1 Å². The first-order valence-corrected chi connectivity index (χ1v) is 5.92. The fraction of sp³-hybridized carbons (Fsp3) is 0.357. The molecule has 4 nitrogen and oxygen atoms in total. The average molecular weight is 263 g/mol. The Labute approximate surface area is 112 Å². The molecular weight excluding hydrogens is 245 g/mol. The van der Waals surface area contributed by atoms with Crippen LogP contribution in [0.5, 0.6) is 0 Å². The van der Waals surface area contributed by atoms with Gasteiger partial charge in [0.05, 0.1) is 13.1 Å². The lowest BCUT2D eigenvalue weighted by atomic mass is 10.1. The van der Waals surface area contributed by atoms with Gasteiger partial charge in [0, 0.05) is 19.2 Å². The molecular formula is C14H18FN3O. The van der Waals surface area contributed by atoms with Gasteiger partial charge < -0.3 is 11.1 Å². The SMILES string of the molecule is CNC(=O)CN(C)Cc1cc(F)cc(C#CCN)c1. The highest BCUT2D eigenvalue weighted by molar-refractivity contribution is 5.77. The number of carbonyl (C=O) groups is 1. The van der Waals surface area contributed by atoms with E-state index in [9.17, 15) is 9.18 Å². The molecule has 0 atom stereocenters. The van der Waals surface area contributed by atoms with Crippen LogP contribution in [-0.2, 0) is 11.3 Å². The van der Waals surface area contributed by atoms with Crippen LogP contribution >= 0.6 is 0 Å². The number of hydrogen-bond acceptors (Lipinski definition) is 3. The number of benzene rings is 1. The van der Waals surface area contributed by atoms with E-state index in [-0.39, 0.29) is 24.8 Å². The zero-order chi connectivity index (χ0) is 14.3. The first kappa shape index (κ1) is 15.2. The van der Waals surface area contributed by atoms with E-state index < -0.39 is 0 Å². The highest BCUT2D eigenvalue weighted by atomic mass is 19.1. The third kappa shape index (κ3) is 5.51. The van der Waals surface area contributed by atoms with Gasteiger partial charge in [-0.2, -0.15) is 0 Å². The second kappa shape index (κ2) is 7.52. The molecule has 0 aliphatic carbocycles. The fourth-order valence-electron chi connectivity index (χ4n) is 1.66. The van der Waals surface area contributed by atoms with Gasteiger partial charge in [-0.05, 0) is 30.8 Å². The highest BCUT2D eigenvalue weighted by Crippen LogP contribution is 2.10. The summed E-state index contributed by atoms with van der Waals surface area (Å²) >= 11 is 0. The molecule has 1 aromatic carbocycles. The van der Waals surface area contributed by atoms with Crippen molar-refractivity contribution in [3.63, 3.8) is 0 Å². The molecule has 1 rings (SSSR count). The smallest absolute Gasteiger partial charge is 0.233 e. The van der Waals surface area contributed by atoms with Crippen molar-refractivity contribution in [2.45, 2.75) is 6.54 Å². The maximum Gasteiger partial charge on any atom is 0.233 e. The molecule has 1 aromatic rings. The quantitative estimate of drug-likeness (QED) is 0.769. The summed E-state index contributed by atoms with van der Waals surface area (Å²) in [5.41, 5.74) is 6.65. The number of carbonyl (C=O) groups excluding carboxylic acids is 1. The molecule has 0 saturated carbocycles. The number of rotatable bonds is 4. The van der Waals surface area contributed by atoms with Crippen LogP contribution in [0.2, 0.25) is 0 Å². The molecule has 1 amide bonds. The second-order valence-corrected chi connectivity index (χ2v) is 4.20. The number of nitrogens with two attached hydrogens (primary N) is 1. The normalized spacial score (nSPS) is 9.95. The molecule has 0 aliphatic heterocycles. The minimum absolute atomic E-state index is 0.0814. The molecule has 3 N–H and O–H groups in total. The van der Waals surface area contributed by atoms with Crippen molar-refractivity contribution in [3.8, 4) is 11.8 Å². The molecule has 0 spiro atoms. The van der Waals surface area contributed by atoms with Crippen LogP contribution in [0.15, 0.2) is 18.2 Å². The predicted molar refractivity (Wildman–Crippen MR) is 72.7 cm³/mol. The zero-order valence-corrected chi connectivity index (χ0v) is 11.2. The summed E-state index contributed by atoms with van der Waals surface area (Å²) in [6, 6.07) is 4.60. The maximum atomic E-state index is 13.4. The van der Waals surface area contributed by atoms with E-state index in [1.165, 1.54) is 12.1 Å². The van der Waals surface area contributed by atoms with Crippen molar-refractivity contribution in [1.82, 2.24) is 10.2 Å². The first-order chi connectivity index (χ1) is 9.05. The van der Waals surface area contributed by atoms with E-state index in [2.05, 4.69) is 17.2 Å². The van der Waals surface area contributed by atoms with Gasteiger partial charge >= 0.3 is 0 Å². The van der Waals surface area contributed by atoms with Gasteiger partial charge in [-0.3, -0.25) is 9.69 Å². The van der Waals surface area contributed by atoms with Crippen molar-refractivity contribution < 1.29 is 9.18 Å². The van der Waals surface area contributed by atoms with Crippen molar-refractivity contribution in [2.24, 2.45) is 5.73 Å². The second-order valence-electron chi connectivity index (χ2n) is 4.20. The highest BCUT2D eigenvalue weighted by Gasteiger charge is 2.07. The topological polar surface area (TPSA) is 58.4 Å². The molecule has 0 heterocycles. The Morgan fingerprint density at radius 1 is 1.47 bits per heavy atom. The van der Waals surface area contributed by atoms with Gasteiger partial charge in [0.15, 0.2) is 0 Å². The predicted octanol–water partition coefficient (Wildman–Crippen LogP) is 0.314. The number of hydrogen-bond donors (Lipinski definition) is 2. The van der Waals surface area contributed by atoms with Gasteiger partial charge in [-0.15, -0.1) is 0 Å². The van der Waals surface area contributed by atoms with Crippen molar-refractivity contribution in [1.29, 1.82) is 0 Å². The first-order valence-electron chi connectivity index (χ1n) is 5.92. The van der Waals surface area contributed by atoms with E-state index in [4.69, 9.17) is 5.73 Å². The number of nitrogens with one attached hydrogen (secondary N) is 1. The Kier molecular flexibility index (Phi) is 6.00. The summed E-state index contributed by atoms with van der Waals surface area (Å²) in [5.74, 6) is 5.06. The van der Waals surface area contributed by atoms with E-state index in [1.54, 1.807) is 25.1 Å². The van der Waals surface area contributed by atoms with Crippen LogP contribution in [0.4, 0.5) is 4.39 Å². The third-order valence-electron chi connectivity index (χ3n) is 2.44. The molecule has 0 saturated heterocycles. The summed E-state index contributed by atoms with van der Waals surface area (Å²) in [6.07, 6.45) is 0. The zero-order valence-electron chi connectivity index (χ0n) is 11.2. The van der Waals surface area contributed by atoms with Crippen LogP contribution in [0.1, 0.15) is 11.1 Å². The maximum absolute atomic E-state index is 13.4. The minimum Gasteiger partial charge on any atom is -0.358 e. The van der Waals surface area contributed by atoms with Crippen molar-refractivity contribution in [2.75, 3.05) is 27.2 Å². The minimum atomic E-state index is -0.341. The van der Waals surface area contributed by atoms with E-state index in [1.807, 2.05) is 0 Å². The Balaban J connectivity index is 2.77. The van der Waals surface area contributed by atoms with Gasteiger partial charge in [-0.1, -0.05) is 11.8 Å². The largest absolute Gasteiger partial charge is 0.358 e. The van der Waals surface area contributed by atoms with Crippen molar-refractivity contribution >= 4 is 5.91 Å². The molecule has 0 aromatic heterocycles. The fourth-order valence-corrected chi connectivity index (χ4v) is 1.66. The Morgan fingerprint density at radius 3 is 2.84 bits per heavy atom. The van der Waals surface area contributed by atoms with Crippen LogP contribution < -0.4 is 11.1 Å². The van der Waals surface area contributed by atoms with Crippen LogP contribution in [0.25, 0.3) is 0 Å². The van der Waals surface area contributed by atoms with Gasteiger partial charge in [0.1, 0.15) is 5.82 Å². The number of amides is 1. The number of nitrogens with zero attached hydrogens (tertiary/aromatic N) is 1. The molecule has 0 unspecified atom stereocenters.